The molecule has 1 saturated heterocycles. The molecule has 1 amide bonds. The van der Waals surface area contributed by atoms with E-state index in [-0.39, 0.29) is 5.91 Å². The highest BCUT2D eigenvalue weighted by Gasteiger charge is 2.27. The van der Waals surface area contributed by atoms with Crippen molar-refractivity contribution in [2.45, 2.75) is 20.3 Å². The number of carbonyl (C=O) groups excluding carboxylic acids is 1. The van der Waals surface area contributed by atoms with Crippen LogP contribution in [0.25, 0.3) is 10.6 Å². The highest BCUT2D eigenvalue weighted by atomic mass is 32.1. The topological polar surface area (TPSA) is 51.0 Å². The van der Waals surface area contributed by atoms with Gasteiger partial charge in [-0.05, 0) is 18.3 Å². The molecule has 0 unspecified atom stereocenters. The van der Waals surface area contributed by atoms with E-state index in [1.807, 2.05) is 23.5 Å². The summed E-state index contributed by atoms with van der Waals surface area (Å²) < 4.78 is 1.74. The fourth-order valence-corrected chi connectivity index (χ4v) is 3.80. The third kappa shape index (κ3) is 3.00. The molecule has 2 atom stereocenters. The van der Waals surface area contributed by atoms with Crippen molar-refractivity contribution in [1.82, 2.24) is 19.7 Å². The second-order valence-electron chi connectivity index (χ2n) is 6.10. The SMILES string of the molecule is C[C@H]1C[C@H](C)CN(C(=O)c2csc(-c3cnn(C)c3)n2)C1. The monoisotopic (exact) mass is 304 g/mol. The average molecular weight is 304 g/mol. The van der Waals surface area contributed by atoms with Gasteiger partial charge in [-0.1, -0.05) is 13.8 Å². The maximum absolute atomic E-state index is 12.6. The van der Waals surface area contributed by atoms with E-state index in [1.165, 1.54) is 17.8 Å². The molecule has 2 aromatic rings. The third-order valence-corrected chi connectivity index (χ3v) is 4.72. The summed E-state index contributed by atoms with van der Waals surface area (Å²) in [7, 11) is 1.87. The lowest BCUT2D eigenvalue weighted by molar-refractivity contribution is 0.0618. The lowest BCUT2D eigenvalue weighted by atomic mass is 9.92. The van der Waals surface area contributed by atoms with Gasteiger partial charge >= 0.3 is 0 Å². The maximum atomic E-state index is 12.6. The van der Waals surface area contributed by atoms with Crippen LogP contribution in [0.5, 0.6) is 0 Å². The van der Waals surface area contributed by atoms with E-state index in [9.17, 15) is 4.79 Å². The van der Waals surface area contributed by atoms with Gasteiger partial charge in [-0.3, -0.25) is 9.48 Å². The largest absolute Gasteiger partial charge is 0.337 e. The predicted molar refractivity (Wildman–Crippen MR) is 83.2 cm³/mol. The number of rotatable bonds is 2. The molecule has 0 saturated carbocycles. The van der Waals surface area contributed by atoms with Crippen LogP contribution in [0, 0.1) is 11.8 Å². The van der Waals surface area contributed by atoms with Crippen molar-refractivity contribution in [3.63, 3.8) is 0 Å². The Morgan fingerprint density at radius 2 is 2.05 bits per heavy atom. The van der Waals surface area contributed by atoms with Crippen LogP contribution in [0.2, 0.25) is 0 Å². The van der Waals surface area contributed by atoms with Gasteiger partial charge in [0.2, 0.25) is 0 Å². The van der Waals surface area contributed by atoms with Gasteiger partial charge in [0.1, 0.15) is 10.7 Å². The molecule has 1 aliphatic heterocycles. The number of hydrogen-bond acceptors (Lipinski definition) is 4. The first-order valence-corrected chi connectivity index (χ1v) is 8.14. The van der Waals surface area contributed by atoms with Gasteiger partial charge in [0, 0.05) is 37.3 Å². The zero-order chi connectivity index (χ0) is 15.0. The first-order chi connectivity index (χ1) is 10.0. The Balaban J connectivity index is 1.78. The number of amides is 1. The third-order valence-electron chi connectivity index (χ3n) is 3.83. The summed E-state index contributed by atoms with van der Waals surface area (Å²) in [6.45, 7) is 6.09. The quantitative estimate of drug-likeness (QED) is 0.857. The van der Waals surface area contributed by atoms with Crippen molar-refractivity contribution in [3.8, 4) is 10.6 Å². The van der Waals surface area contributed by atoms with Crippen molar-refractivity contribution < 1.29 is 4.79 Å². The van der Waals surface area contributed by atoms with E-state index < -0.39 is 0 Å². The van der Waals surface area contributed by atoms with Gasteiger partial charge in [-0.2, -0.15) is 5.10 Å². The molecule has 0 aromatic carbocycles. The molecule has 3 rings (SSSR count). The molecule has 3 heterocycles. The summed E-state index contributed by atoms with van der Waals surface area (Å²) in [4.78, 5) is 19.0. The Labute approximate surface area is 128 Å². The van der Waals surface area contributed by atoms with Crippen LogP contribution in [0.4, 0.5) is 0 Å². The van der Waals surface area contributed by atoms with Crippen LogP contribution in [0.15, 0.2) is 17.8 Å². The summed E-state index contributed by atoms with van der Waals surface area (Å²) >= 11 is 1.50. The number of nitrogens with zero attached hydrogens (tertiary/aromatic N) is 4. The molecule has 0 aliphatic carbocycles. The Hall–Kier alpha value is -1.69. The number of likely N-dealkylation sites (tertiary alicyclic amines) is 1. The van der Waals surface area contributed by atoms with E-state index in [0.717, 1.165) is 23.7 Å². The number of thiazole rings is 1. The molecule has 0 N–H and O–H groups in total. The van der Waals surface area contributed by atoms with Crippen molar-refractivity contribution in [2.24, 2.45) is 18.9 Å². The smallest absolute Gasteiger partial charge is 0.273 e. The fourth-order valence-electron chi connectivity index (χ4n) is 3.03. The summed E-state index contributed by atoms with van der Waals surface area (Å²) in [5, 5.41) is 6.85. The van der Waals surface area contributed by atoms with Crippen molar-refractivity contribution in [1.29, 1.82) is 0 Å². The molecule has 21 heavy (non-hydrogen) atoms. The Bertz CT molecular complexity index is 638. The van der Waals surface area contributed by atoms with E-state index >= 15 is 0 Å². The Morgan fingerprint density at radius 1 is 1.33 bits per heavy atom. The standard InChI is InChI=1S/C15H20N4OS/c1-10-4-11(2)7-19(6-10)15(20)13-9-21-14(17-13)12-5-16-18(3)8-12/h5,8-11H,4,6-7H2,1-3H3/t10-,11-/m0/s1. The number of aryl methyl sites for hydroxylation is 1. The molecule has 2 aromatic heterocycles. The summed E-state index contributed by atoms with van der Waals surface area (Å²) in [5.41, 5.74) is 1.52. The second-order valence-corrected chi connectivity index (χ2v) is 6.95. The van der Waals surface area contributed by atoms with Crippen LogP contribution < -0.4 is 0 Å². The van der Waals surface area contributed by atoms with Gasteiger partial charge in [0.05, 0.1) is 6.20 Å². The minimum atomic E-state index is 0.0554. The lowest BCUT2D eigenvalue weighted by Gasteiger charge is -2.34. The van der Waals surface area contributed by atoms with E-state index in [0.29, 0.717) is 17.5 Å². The second kappa shape index (κ2) is 5.60. The van der Waals surface area contributed by atoms with E-state index in [4.69, 9.17) is 0 Å². The first-order valence-electron chi connectivity index (χ1n) is 7.26. The number of hydrogen-bond donors (Lipinski definition) is 0. The average Bonchev–Trinajstić information content (AvgIpc) is 3.05. The Morgan fingerprint density at radius 3 is 2.67 bits per heavy atom. The highest BCUT2D eigenvalue weighted by molar-refractivity contribution is 7.13. The van der Waals surface area contributed by atoms with Crippen LogP contribution >= 0.6 is 11.3 Å². The predicted octanol–water partition coefficient (Wildman–Crippen LogP) is 2.66. The van der Waals surface area contributed by atoms with E-state index in [2.05, 4.69) is 23.9 Å². The highest BCUT2D eigenvalue weighted by Crippen LogP contribution is 2.26. The van der Waals surface area contributed by atoms with Crippen molar-refractivity contribution >= 4 is 17.2 Å². The van der Waals surface area contributed by atoms with Gasteiger partial charge in [0.15, 0.2) is 0 Å². The number of aromatic nitrogens is 3. The molecule has 0 radical (unpaired) electrons. The maximum Gasteiger partial charge on any atom is 0.273 e. The zero-order valence-corrected chi connectivity index (χ0v) is 13.4. The van der Waals surface area contributed by atoms with Gasteiger partial charge in [0.25, 0.3) is 5.91 Å². The van der Waals surface area contributed by atoms with Crippen LogP contribution in [0.3, 0.4) is 0 Å². The summed E-state index contributed by atoms with van der Waals surface area (Å²) in [5.74, 6) is 1.18. The molecule has 1 fully saturated rings. The van der Waals surface area contributed by atoms with Crippen LogP contribution in [-0.4, -0.2) is 38.7 Å². The summed E-state index contributed by atoms with van der Waals surface area (Å²) in [6.07, 6.45) is 4.89. The summed E-state index contributed by atoms with van der Waals surface area (Å²) in [6, 6.07) is 0. The van der Waals surface area contributed by atoms with Gasteiger partial charge in [-0.15, -0.1) is 11.3 Å². The molecule has 0 bridgehead atoms. The lowest BCUT2D eigenvalue weighted by Crippen LogP contribution is -2.42. The van der Waals surface area contributed by atoms with Crippen LogP contribution in [0.1, 0.15) is 30.8 Å². The van der Waals surface area contributed by atoms with Crippen molar-refractivity contribution in [2.75, 3.05) is 13.1 Å². The zero-order valence-electron chi connectivity index (χ0n) is 12.6. The first kappa shape index (κ1) is 14.3. The molecular weight excluding hydrogens is 284 g/mol. The molecule has 1 aliphatic rings. The van der Waals surface area contributed by atoms with Crippen molar-refractivity contribution in [3.05, 3.63) is 23.5 Å². The minimum absolute atomic E-state index is 0.0554. The Kier molecular flexibility index (Phi) is 3.80. The van der Waals surface area contributed by atoms with E-state index in [1.54, 1.807) is 10.9 Å². The molecule has 0 spiro atoms. The van der Waals surface area contributed by atoms with Gasteiger partial charge in [-0.25, -0.2) is 4.98 Å². The normalized spacial score (nSPS) is 22.5. The molecule has 112 valence electrons. The molecule has 5 nitrogen and oxygen atoms in total. The number of piperidine rings is 1. The molecular formula is C15H20N4OS. The minimum Gasteiger partial charge on any atom is -0.337 e. The van der Waals surface area contributed by atoms with Gasteiger partial charge < -0.3 is 4.90 Å². The molecule has 6 heteroatoms. The number of carbonyl (C=O) groups is 1. The van der Waals surface area contributed by atoms with Crippen LogP contribution in [-0.2, 0) is 7.05 Å². The fraction of sp³-hybridized carbons (Fsp3) is 0.533.